The van der Waals surface area contributed by atoms with E-state index in [-0.39, 0.29) is 10.7 Å². The van der Waals surface area contributed by atoms with Gasteiger partial charge in [-0.3, -0.25) is 10.4 Å². The molecule has 8 heteroatoms. The first kappa shape index (κ1) is 12.5. The van der Waals surface area contributed by atoms with Gasteiger partial charge in [0.05, 0.1) is 12.2 Å². The number of nitrogens with two attached hydrogens (primary N) is 1. The SMILES string of the molecule is CC(NS(=O)(=O)c1cncc(F)c1)C(=N)N. The van der Waals surface area contributed by atoms with Gasteiger partial charge in [-0.25, -0.2) is 17.5 Å². The third-order valence-corrected chi connectivity index (χ3v) is 3.30. The van der Waals surface area contributed by atoms with E-state index in [1.54, 1.807) is 0 Å². The zero-order chi connectivity index (χ0) is 12.3. The Hall–Kier alpha value is -1.54. The lowest BCUT2D eigenvalue weighted by Gasteiger charge is -2.12. The molecule has 0 amide bonds. The monoisotopic (exact) mass is 246 g/mol. The molecule has 88 valence electrons. The van der Waals surface area contributed by atoms with E-state index in [1.807, 2.05) is 0 Å². The fourth-order valence-electron chi connectivity index (χ4n) is 0.904. The molecule has 1 rings (SSSR count). The number of aromatic nitrogens is 1. The summed E-state index contributed by atoms with van der Waals surface area (Å²) in [6, 6.07) is -0.0180. The molecule has 1 heterocycles. The number of sulfonamides is 1. The van der Waals surface area contributed by atoms with Crippen molar-refractivity contribution >= 4 is 15.9 Å². The number of hydrogen-bond acceptors (Lipinski definition) is 4. The largest absolute Gasteiger partial charge is 0.386 e. The molecule has 0 aliphatic rings. The second-order valence-corrected chi connectivity index (χ2v) is 4.85. The summed E-state index contributed by atoms with van der Waals surface area (Å²) in [5.74, 6) is -1.08. The van der Waals surface area contributed by atoms with Crippen LogP contribution in [0.3, 0.4) is 0 Å². The van der Waals surface area contributed by atoms with Crippen molar-refractivity contribution in [3.63, 3.8) is 0 Å². The Morgan fingerprint density at radius 2 is 2.25 bits per heavy atom. The molecule has 0 spiro atoms. The first-order chi connectivity index (χ1) is 7.33. The lowest BCUT2D eigenvalue weighted by Crippen LogP contribution is -2.41. The molecule has 0 saturated heterocycles. The van der Waals surface area contributed by atoms with Crippen LogP contribution in [-0.4, -0.2) is 25.3 Å². The van der Waals surface area contributed by atoms with E-state index in [0.29, 0.717) is 0 Å². The average molecular weight is 246 g/mol. The minimum absolute atomic E-state index is 0.305. The van der Waals surface area contributed by atoms with E-state index in [9.17, 15) is 12.8 Å². The Morgan fingerprint density at radius 1 is 1.62 bits per heavy atom. The van der Waals surface area contributed by atoms with Gasteiger partial charge < -0.3 is 5.73 Å². The van der Waals surface area contributed by atoms with Crippen LogP contribution in [0.25, 0.3) is 0 Å². The number of pyridine rings is 1. The molecule has 16 heavy (non-hydrogen) atoms. The van der Waals surface area contributed by atoms with Gasteiger partial charge in [-0.05, 0) is 13.0 Å². The van der Waals surface area contributed by atoms with Gasteiger partial charge in [-0.2, -0.15) is 0 Å². The van der Waals surface area contributed by atoms with Crippen LogP contribution >= 0.6 is 0 Å². The van der Waals surface area contributed by atoms with Crippen LogP contribution in [0.5, 0.6) is 0 Å². The van der Waals surface area contributed by atoms with Gasteiger partial charge in [0.2, 0.25) is 10.0 Å². The number of amidine groups is 1. The molecule has 0 aliphatic carbocycles. The maximum absolute atomic E-state index is 12.8. The van der Waals surface area contributed by atoms with E-state index in [1.165, 1.54) is 6.92 Å². The minimum atomic E-state index is -3.90. The van der Waals surface area contributed by atoms with Crippen molar-refractivity contribution in [3.8, 4) is 0 Å². The van der Waals surface area contributed by atoms with Gasteiger partial charge >= 0.3 is 0 Å². The molecule has 0 fully saturated rings. The summed E-state index contributed by atoms with van der Waals surface area (Å²) in [5.41, 5.74) is 5.12. The summed E-state index contributed by atoms with van der Waals surface area (Å²) in [4.78, 5) is 3.12. The Morgan fingerprint density at radius 3 is 2.75 bits per heavy atom. The molecule has 0 saturated carbocycles. The van der Waals surface area contributed by atoms with Crippen molar-refractivity contribution in [3.05, 3.63) is 24.3 Å². The molecule has 1 atom stereocenters. The lowest BCUT2D eigenvalue weighted by molar-refractivity contribution is 0.572. The van der Waals surface area contributed by atoms with Crippen molar-refractivity contribution in [2.75, 3.05) is 0 Å². The number of halogens is 1. The van der Waals surface area contributed by atoms with Crippen molar-refractivity contribution < 1.29 is 12.8 Å². The van der Waals surface area contributed by atoms with Crippen molar-refractivity contribution in [2.24, 2.45) is 5.73 Å². The van der Waals surface area contributed by atoms with Gasteiger partial charge in [0.15, 0.2) is 0 Å². The van der Waals surface area contributed by atoms with E-state index >= 15 is 0 Å². The first-order valence-corrected chi connectivity index (χ1v) is 5.78. The number of hydrogen-bond donors (Lipinski definition) is 3. The zero-order valence-electron chi connectivity index (χ0n) is 8.44. The quantitative estimate of drug-likeness (QED) is 0.506. The van der Waals surface area contributed by atoms with Gasteiger partial charge in [-0.1, -0.05) is 0 Å². The first-order valence-electron chi connectivity index (χ1n) is 4.30. The van der Waals surface area contributed by atoms with E-state index in [2.05, 4.69) is 9.71 Å². The Balaban J connectivity index is 2.99. The topological polar surface area (TPSA) is 109 Å². The van der Waals surface area contributed by atoms with Crippen molar-refractivity contribution in [1.29, 1.82) is 5.41 Å². The van der Waals surface area contributed by atoms with Crippen molar-refractivity contribution in [2.45, 2.75) is 17.9 Å². The van der Waals surface area contributed by atoms with E-state index in [4.69, 9.17) is 11.1 Å². The predicted octanol–water partition coefficient (Wildman–Crippen LogP) is -0.177. The van der Waals surface area contributed by atoms with Gasteiger partial charge in [0, 0.05) is 6.20 Å². The summed E-state index contributed by atoms with van der Waals surface area (Å²) in [6.45, 7) is 1.41. The molecule has 0 bridgehead atoms. The highest BCUT2D eigenvalue weighted by Crippen LogP contribution is 2.08. The Labute approximate surface area is 92.2 Å². The van der Waals surface area contributed by atoms with Crippen LogP contribution in [0.2, 0.25) is 0 Å². The second-order valence-electron chi connectivity index (χ2n) is 3.14. The van der Waals surface area contributed by atoms with Gasteiger partial charge in [-0.15, -0.1) is 0 Å². The molecular formula is C8H11FN4O2S. The molecule has 6 nitrogen and oxygen atoms in total. The molecule has 0 radical (unpaired) electrons. The summed E-state index contributed by atoms with van der Waals surface area (Å²) < 4.78 is 38.1. The predicted molar refractivity (Wildman–Crippen MR) is 55.9 cm³/mol. The molecule has 4 N–H and O–H groups in total. The molecule has 1 aromatic rings. The fraction of sp³-hybridized carbons (Fsp3) is 0.250. The Bertz CT molecular complexity index is 503. The smallest absolute Gasteiger partial charge is 0.242 e. The highest BCUT2D eigenvalue weighted by Gasteiger charge is 2.19. The molecule has 0 aromatic carbocycles. The summed E-state index contributed by atoms with van der Waals surface area (Å²) in [5, 5.41) is 7.05. The fourth-order valence-corrected chi connectivity index (χ4v) is 2.10. The highest BCUT2D eigenvalue weighted by atomic mass is 32.2. The maximum atomic E-state index is 12.8. The van der Waals surface area contributed by atoms with Crippen LogP contribution in [0, 0.1) is 11.2 Å². The third-order valence-electron chi connectivity index (χ3n) is 1.79. The standard InChI is InChI=1S/C8H11FN4O2S/c1-5(8(10)11)13-16(14,15)7-2-6(9)3-12-4-7/h2-5,13H,1H3,(H3,10,11). The maximum Gasteiger partial charge on any atom is 0.242 e. The summed E-state index contributed by atoms with van der Waals surface area (Å²) in [7, 11) is -3.90. The lowest BCUT2D eigenvalue weighted by atomic mass is 10.3. The number of nitrogens with zero attached hydrogens (tertiary/aromatic N) is 1. The zero-order valence-corrected chi connectivity index (χ0v) is 9.25. The highest BCUT2D eigenvalue weighted by molar-refractivity contribution is 7.89. The van der Waals surface area contributed by atoms with E-state index in [0.717, 1.165) is 18.5 Å². The van der Waals surface area contributed by atoms with Gasteiger partial charge in [0.25, 0.3) is 0 Å². The molecule has 1 unspecified atom stereocenters. The summed E-state index contributed by atoms with van der Waals surface area (Å²) in [6.07, 6.45) is 1.91. The average Bonchev–Trinajstić information content (AvgIpc) is 2.17. The number of rotatable bonds is 4. The van der Waals surface area contributed by atoms with Gasteiger partial charge in [0.1, 0.15) is 16.5 Å². The number of nitrogens with one attached hydrogen (secondary N) is 2. The molecule has 0 aliphatic heterocycles. The Kier molecular flexibility index (Phi) is 3.55. The van der Waals surface area contributed by atoms with Crippen LogP contribution in [0.4, 0.5) is 4.39 Å². The third kappa shape index (κ3) is 2.97. The minimum Gasteiger partial charge on any atom is -0.386 e. The van der Waals surface area contributed by atoms with E-state index < -0.39 is 21.9 Å². The normalized spacial score (nSPS) is 13.4. The molecule has 1 aromatic heterocycles. The van der Waals surface area contributed by atoms with Crippen LogP contribution in [0.1, 0.15) is 6.92 Å². The second kappa shape index (κ2) is 4.54. The summed E-state index contributed by atoms with van der Waals surface area (Å²) >= 11 is 0. The van der Waals surface area contributed by atoms with Crippen LogP contribution in [-0.2, 0) is 10.0 Å². The van der Waals surface area contributed by atoms with Crippen molar-refractivity contribution in [1.82, 2.24) is 9.71 Å². The van der Waals surface area contributed by atoms with Crippen LogP contribution < -0.4 is 10.5 Å². The molecular weight excluding hydrogens is 235 g/mol. The van der Waals surface area contributed by atoms with Crippen LogP contribution in [0.15, 0.2) is 23.4 Å².